The molecule has 0 amide bonds. The first-order chi connectivity index (χ1) is 4.86. The molecule has 1 heterocycles. The van der Waals surface area contributed by atoms with Crippen LogP contribution in [0.15, 0.2) is 4.42 Å². The second-order valence-electron chi connectivity index (χ2n) is 1.75. The van der Waals surface area contributed by atoms with E-state index in [1.54, 1.807) is 0 Å². The largest absolute Gasteiger partial charge is 0.424 e. The lowest BCUT2D eigenvalue weighted by Gasteiger charge is -1.86. The van der Waals surface area contributed by atoms with Gasteiger partial charge >= 0.3 is 0 Å². The van der Waals surface area contributed by atoms with E-state index < -0.39 is 0 Å². The van der Waals surface area contributed by atoms with Crippen LogP contribution in [0.4, 0.5) is 0 Å². The maximum atomic E-state index is 5.18. The van der Waals surface area contributed by atoms with Crippen molar-refractivity contribution in [2.45, 2.75) is 19.9 Å². The number of nitrogens with zero attached hydrogens (tertiary/aromatic N) is 2. The van der Waals surface area contributed by atoms with Crippen molar-refractivity contribution >= 4 is 22.9 Å². The Labute approximate surface area is 72.9 Å². The summed E-state index contributed by atoms with van der Waals surface area (Å²) in [6, 6.07) is 0. The Balaban J connectivity index is 2.59. The predicted octanol–water partition coefficient (Wildman–Crippen LogP) is 1.07. The average Bonchev–Trinajstić information content (AvgIpc) is 2.37. The van der Waals surface area contributed by atoms with Gasteiger partial charge in [-0.2, -0.15) is 0 Å². The zero-order chi connectivity index (χ0) is 7.40. The van der Waals surface area contributed by atoms with E-state index in [-0.39, 0.29) is 0 Å². The Morgan fingerprint density at radius 1 is 1.50 bits per heavy atom. The second-order valence-corrected chi connectivity index (χ2v) is 2.52. The van der Waals surface area contributed by atoms with E-state index in [0.717, 1.165) is 6.42 Å². The summed E-state index contributed by atoms with van der Waals surface area (Å²) in [5.41, 5.74) is 0. The number of aromatic nitrogens is 2. The molecule has 1 rings (SSSR count). The molecule has 10 heavy (non-hydrogen) atoms. The Bertz CT molecular complexity index is 201. The lowest BCUT2D eigenvalue weighted by molar-refractivity contribution is 0.453. The summed E-state index contributed by atoms with van der Waals surface area (Å²) in [5, 5.41) is 7.59. The molecule has 0 aromatic carbocycles. The number of rotatable bonds is 3. The molecule has 1 N–H and O–H groups in total. The van der Waals surface area contributed by atoms with Gasteiger partial charge in [-0.1, -0.05) is 6.92 Å². The quantitative estimate of drug-likeness (QED) is 0.646. The van der Waals surface area contributed by atoms with Crippen molar-refractivity contribution in [3.63, 3.8) is 0 Å². The van der Waals surface area contributed by atoms with Crippen LogP contribution in [0.3, 0.4) is 0 Å². The van der Waals surface area contributed by atoms with Crippen LogP contribution in [0.2, 0.25) is 0 Å². The van der Waals surface area contributed by atoms with Gasteiger partial charge < -0.3 is 4.42 Å². The van der Waals surface area contributed by atoms with Gasteiger partial charge in [0.2, 0.25) is 11.8 Å². The number of hydrogen-bond acceptors (Lipinski definition) is 4. The van der Waals surface area contributed by atoms with Gasteiger partial charge in [-0.15, -0.1) is 10.2 Å². The number of aryl methyl sites for hydroxylation is 1. The molecule has 0 aliphatic carbocycles. The third-order valence-electron chi connectivity index (χ3n) is 1.03. The highest BCUT2D eigenvalue weighted by Gasteiger charge is 2.00. The first-order valence-corrected chi connectivity index (χ1v) is 4.09. The molecule has 0 saturated carbocycles. The minimum Gasteiger partial charge on any atom is -0.424 e. The fourth-order valence-corrected chi connectivity index (χ4v) is 0.886. The van der Waals surface area contributed by atoms with Crippen LogP contribution >= 0.6 is 22.9 Å². The molecule has 0 saturated heterocycles. The standard InChI is InChI=1S/C5H8IN3O/c1-2-4-8-9-5(10-4)3-7-6/h7H,2-3H2,1H3. The van der Waals surface area contributed by atoms with E-state index in [2.05, 4.69) is 13.7 Å². The van der Waals surface area contributed by atoms with Gasteiger partial charge in [0.1, 0.15) is 0 Å². The molecule has 0 unspecified atom stereocenters. The summed E-state index contributed by atoms with van der Waals surface area (Å²) >= 11 is 2.03. The predicted molar refractivity (Wildman–Crippen MR) is 44.5 cm³/mol. The maximum Gasteiger partial charge on any atom is 0.231 e. The third kappa shape index (κ3) is 1.91. The fraction of sp³-hybridized carbons (Fsp3) is 0.600. The molecule has 0 fully saturated rings. The van der Waals surface area contributed by atoms with E-state index in [1.165, 1.54) is 0 Å². The van der Waals surface area contributed by atoms with E-state index >= 15 is 0 Å². The van der Waals surface area contributed by atoms with Crippen molar-refractivity contribution in [1.82, 2.24) is 13.7 Å². The summed E-state index contributed by atoms with van der Waals surface area (Å²) in [6.45, 7) is 2.61. The van der Waals surface area contributed by atoms with Crippen LogP contribution in [0.5, 0.6) is 0 Å². The van der Waals surface area contributed by atoms with Crippen molar-refractivity contribution in [1.29, 1.82) is 0 Å². The molecular formula is C5H8IN3O. The summed E-state index contributed by atoms with van der Waals surface area (Å²) in [5.74, 6) is 1.34. The highest BCUT2D eigenvalue weighted by atomic mass is 127. The molecule has 0 aliphatic heterocycles. The number of hydrogen-bond donors (Lipinski definition) is 1. The van der Waals surface area contributed by atoms with E-state index in [9.17, 15) is 0 Å². The van der Waals surface area contributed by atoms with Crippen molar-refractivity contribution in [2.24, 2.45) is 0 Å². The third-order valence-corrected chi connectivity index (χ3v) is 1.41. The molecule has 0 radical (unpaired) electrons. The number of halogens is 1. The first kappa shape index (κ1) is 7.93. The summed E-state index contributed by atoms with van der Waals surface area (Å²) in [7, 11) is 0. The van der Waals surface area contributed by atoms with Crippen LogP contribution < -0.4 is 3.53 Å². The zero-order valence-electron chi connectivity index (χ0n) is 5.59. The molecule has 0 spiro atoms. The van der Waals surface area contributed by atoms with Gasteiger partial charge in [0.25, 0.3) is 0 Å². The van der Waals surface area contributed by atoms with Gasteiger partial charge in [0, 0.05) is 29.3 Å². The molecule has 0 bridgehead atoms. The zero-order valence-corrected chi connectivity index (χ0v) is 7.75. The van der Waals surface area contributed by atoms with E-state index in [0.29, 0.717) is 18.3 Å². The van der Waals surface area contributed by atoms with E-state index in [1.807, 2.05) is 29.8 Å². The van der Waals surface area contributed by atoms with Crippen LogP contribution in [0.1, 0.15) is 18.7 Å². The molecule has 1 aromatic heterocycles. The van der Waals surface area contributed by atoms with Gasteiger partial charge in [-0.3, -0.25) is 3.53 Å². The first-order valence-electron chi connectivity index (χ1n) is 3.01. The van der Waals surface area contributed by atoms with Crippen molar-refractivity contribution in [3.8, 4) is 0 Å². The lowest BCUT2D eigenvalue weighted by atomic mass is 10.5. The minimum atomic E-state index is 0.633. The molecule has 5 heteroatoms. The van der Waals surface area contributed by atoms with E-state index in [4.69, 9.17) is 4.42 Å². The molecule has 1 aromatic rings. The molecular weight excluding hydrogens is 245 g/mol. The van der Waals surface area contributed by atoms with Crippen molar-refractivity contribution < 1.29 is 4.42 Å². The van der Waals surface area contributed by atoms with Gasteiger partial charge in [0.15, 0.2) is 0 Å². The highest BCUT2D eigenvalue weighted by molar-refractivity contribution is 14.1. The summed E-state index contributed by atoms with van der Waals surface area (Å²) in [4.78, 5) is 0. The lowest BCUT2D eigenvalue weighted by Crippen LogP contribution is -1.96. The van der Waals surface area contributed by atoms with Crippen LogP contribution in [-0.2, 0) is 13.0 Å². The Kier molecular flexibility index (Phi) is 3.07. The van der Waals surface area contributed by atoms with Crippen molar-refractivity contribution in [3.05, 3.63) is 11.8 Å². The SMILES string of the molecule is CCc1nnc(CNI)o1. The summed E-state index contributed by atoms with van der Waals surface area (Å²) in [6.07, 6.45) is 0.800. The summed E-state index contributed by atoms with van der Waals surface area (Å²) < 4.78 is 8.08. The molecule has 4 nitrogen and oxygen atoms in total. The van der Waals surface area contributed by atoms with Crippen molar-refractivity contribution in [2.75, 3.05) is 0 Å². The fourth-order valence-electron chi connectivity index (χ4n) is 0.560. The van der Waals surface area contributed by atoms with Gasteiger partial charge in [-0.25, -0.2) is 0 Å². The Morgan fingerprint density at radius 3 is 2.70 bits per heavy atom. The minimum absolute atomic E-state index is 0.633. The Hall–Kier alpha value is -0.170. The van der Waals surface area contributed by atoms with Crippen LogP contribution in [0.25, 0.3) is 0 Å². The Morgan fingerprint density at radius 2 is 2.20 bits per heavy atom. The maximum absolute atomic E-state index is 5.18. The average molecular weight is 253 g/mol. The molecule has 56 valence electrons. The molecule has 0 aliphatic rings. The van der Waals surface area contributed by atoms with Gasteiger partial charge in [0.05, 0.1) is 6.54 Å². The molecule has 0 atom stereocenters. The van der Waals surface area contributed by atoms with Crippen LogP contribution in [-0.4, -0.2) is 10.2 Å². The smallest absolute Gasteiger partial charge is 0.231 e. The second kappa shape index (κ2) is 3.87. The monoisotopic (exact) mass is 253 g/mol. The normalized spacial score (nSPS) is 10.2. The highest BCUT2D eigenvalue weighted by Crippen LogP contribution is 1.99. The number of nitrogens with one attached hydrogen (secondary N) is 1. The van der Waals surface area contributed by atoms with Gasteiger partial charge in [-0.05, 0) is 0 Å². The topological polar surface area (TPSA) is 51.0 Å². The van der Waals surface area contributed by atoms with Crippen LogP contribution in [0, 0.1) is 0 Å².